The van der Waals surface area contributed by atoms with E-state index in [0.717, 1.165) is 0 Å². The summed E-state index contributed by atoms with van der Waals surface area (Å²) in [6.45, 7) is 1.38. The minimum atomic E-state index is -1.68. The van der Waals surface area contributed by atoms with Gasteiger partial charge in [0.1, 0.15) is 17.4 Å². The highest BCUT2D eigenvalue weighted by atomic mass is 35.5. The zero-order valence-electron chi connectivity index (χ0n) is 15.0. The van der Waals surface area contributed by atoms with E-state index in [-0.39, 0.29) is 10.6 Å². The normalized spacial score (nSPS) is 29.0. The second kappa shape index (κ2) is 6.91. The first-order chi connectivity index (χ1) is 13.7. The van der Waals surface area contributed by atoms with Crippen molar-refractivity contribution in [3.8, 4) is 0 Å². The highest BCUT2D eigenvalue weighted by molar-refractivity contribution is 6.31. The molecule has 0 aliphatic carbocycles. The van der Waals surface area contributed by atoms with Crippen molar-refractivity contribution in [3.05, 3.63) is 73.5 Å². The van der Waals surface area contributed by atoms with Crippen molar-refractivity contribution in [2.75, 3.05) is 5.32 Å². The number of aliphatic hydroxyl groups is 1. The third-order valence-corrected chi connectivity index (χ3v) is 6.19. The minimum Gasteiger partial charge on any atom is -0.392 e. The second-order valence-electron chi connectivity index (χ2n) is 7.26. The number of aliphatic hydroxyl groups excluding tert-OH is 1. The number of fused-ring (bicyclic) bond motifs is 2. The topological polar surface area (TPSA) is 104 Å². The molecule has 0 radical (unpaired) electrons. The molecule has 2 heterocycles. The Morgan fingerprint density at radius 2 is 2.03 bits per heavy atom. The number of carbonyl (C=O) groups excluding carboxylic acids is 1. The predicted octanol–water partition coefficient (Wildman–Crippen LogP) is 3.06. The van der Waals surface area contributed by atoms with Gasteiger partial charge in [-0.2, -0.15) is 0 Å². The lowest BCUT2D eigenvalue weighted by Crippen LogP contribution is -2.51. The Balaban J connectivity index is 2.03. The second-order valence-corrected chi connectivity index (χ2v) is 8.10. The summed E-state index contributed by atoms with van der Waals surface area (Å²) < 4.78 is 15.0. The summed E-state index contributed by atoms with van der Waals surface area (Å²) in [4.78, 5) is 24.7. The van der Waals surface area contributed by atoms with Crippen molar-refractivity contribution >= 4 is 34.8 Å². The van der Waals surface area contributed by atoms with Gasteiger partial charge in [0.05, 0.1) is 17.0 Å². The predicted molar refractivity (Wildman–Crippen MR) is 105 cm³/mol. The molecule has 2 aliphatic heterocycles. The molecule has 1 spiro atoms. The van der Waals surface area contributed by atoms with Gasteiger partial charge in [0.2, 0.25) is 11.9 Å². The standard InChI is InChI=1S/C19H16Cl2FN3O4/c1-8(26)16-17(25(28)29)14(10-3-2-4-12(21)15(10)22)19(24-16)11-6-5-9(20)7-13(11)23-18(19)27/h2-8,14,16-17,24,26H,1H3,(H,23,27)/t8-,14-,16?,17-,19+/m0/s1. The molecule has 0 bridgehead atoms. The number of halogens is 3. The highest BCUT2D eigenvalue weighted by Crippen LogP contribution is 2.53. The molecule has 1 unspecified atom stereocenters. The quantitative estimate of drug-likeness (QED) is 0.503. The molecule has 5 atom stereocenters. The van der Waals surface area contributed by atoms with E-state index in [1.54, 1.807) is 12.1 Å². The lowest BCUT2D eigenvalue weighted by atomic mass is 9.74. The van der Waals surface area contributed by atoms with Crippen molar-refractivity contribution in [2.24, 2.45) is 0 Å². The summed E-state index contributed by atoms with van der Waals surface area (Å²) in [6.07, 6.45) is -1.18. The van der Waals surface area contributed by atoms with Gasteiger partial charge < -0.3 is 10.4 Å². The van der Waals surface area contributed by atoms with Crippen LogP contribution in [0.25, 0.3) is 0 Å². The Morgan fingerprint density at radius 1 is 1.31 bits per heavy atom. The molecule has 2 aliphatic rings. The van der Waals surface area contributed by atoms with E-state index in [0.29, 0.717) is 16.3 Å². The number of benzene rings is 2. The van der Waals surface area contributed by atoms with Crippen molar-refractivity contribution < 1.29 is 19.2 Å². The molecule has 0 saturated carbocycles. The summed E-state index contributed by atoms with van der Waals surface area (Å²) in [5, 5.41) is 28.1. The average molecular weight is 440 g/mol. The van der Waals surface area contributed by atoms with Gasteiger partial charge in [-0.15, -0.1) is 0 Å². The number of anilines is 1. The number of hydrogen-bond acceptors (Lipinski definition) is 5. The van der Waals surface area contributed by atoms with Crippen LogP contribution >= 0.6 is 23.2 Å². The van der Waals surface area contributed by atoms with E-state index >= 15 is 4.39 Å². The zero-order chi connectivity index (χ0) is 21.1. The molecule has 152 valence electrons. The molecule has 4 rings (SSSR count). The third-order valence-electron chi connectivity index (χ3n) is 5.66. The van der Waals surface area contributed by atoms with Crippen LogP contribution in [-0.2, 0) is 10.3 Å². The number of nitro groups is 1. The molecule has 0 aromatic heterocycles. The molecule has 1 saturated heterocycles. The first kappa shape index (κ1) is 20.0. The van der Waals surface area contributed by atoms with E-state index in [1.807, 2.05) is 0 Å². The van der Waals surface area contributed by atoms with E-state index in [2.05, 4.69) is 10.6 Å². The van der Waals surface area contributed by atoms with Crippen LogP contribution < -0.4 is 10.6 Å². The van der Waals surface area contributed by atoms with Crippen LogP contribution in [0.1, 0.15) is 24.0 Å². The molecule has 3 N–H and O–H groups in total. The fourth-order valence-corrected chi connectivity index (χ4v) is 4.85. The smallest absolute Gasteiger partial charge is 0.250 e. The lowest BCUT2D eigenvalue weighted by molar-refractivity contribution is -0.528. The number of nitrogens with zero attached hydrogens (tertiary/aromatic N) is 1. The molecular formula is C19H16Cl2FN3O4. The minimum absolute atomic E-state index is 0.0761. The fourth-order valence-electron chi connectivity index (χ4n) is 4.50. The molecule has 1 amide bonds. The fraction of sp³-hybridized carbons (Fsp3) is 0.316. The van der Waals surface area contributed by atoms with Gasteiger partial charge >= 0.3 is 0 Å². The molecular weight excluding hydrogens is 424 g/mol. The Hall–Kier alpha value is -2.26. The summed E-state index contributed by atoms with van der Waals surface area (Å²) in [7, 11) is 0. The summed E-state index contributed by atoms with van der Waals surface area (Å²) in [6, 6.07) is 6.20. The van der Waals surface area contributed by atoms with Crippen LogP contribution in [-0.4, -0.2) is 34.1 Å². The van der Waals surface area contributed by atoms with Gasteiger partial charge in [-0.25, -0.2) is 4.39 Å². The summed E-state index contributed by atoms with van der Waals surface area (Å²) in [5.74, 6) is -2.69. The first-order valence-electron chi connectivity index (χ1n) is 8.83. The van der Waals surface area contributed by atoms with Gasteiger partial charge in [-0.05, 0) is 25.1 Å². The first-order valence-corrected chi connectivity index (χ1v) is 9.58. The van der Waals surface area contributed by atoms with E-state index < -0.39 is 46.3 Å². The average Bonchev–Trinajstić information content (AvgIpc) is 3.14. The Bertz CT molecular complexity index is 1030. The maximum atomic E-state index is 15.0. The molecule has 29 heavy (non-hydrogen) atoms. The molecule has 7 nitrogen and oxygen atoms in total. The molecule has 2 aromatic carbocycles. The number of rotatable bonds is 3. The largest absolute Gasteiger partial charge is 0.392 e. The Morgan fingerprint density at radius 3 is 2.69 bits per heavy atom. The molecule has 1 fully saturated rings. The SMILES string of the molecule is C[C@H](O)C1N[C@@]2(C(=O)Nc3cc(Cl)ccc32)[C@@H](c2cccc(Cl)c2F)[C@@H]1[N+](=O)[O-]. The Labute approximate surface area is 175 Å². The molecule has 2 aromatic rings. The van der Waals surface area contributed by atoms with Crippen LogP contribution in [0.5, 0.6) is 0 Å². The number of amides is 1. The van der Waals surface area contributed by atoms with Crippen LogP contribution in [0, 0.1) is 15.9 Å². The van der Waals surface area contributed by atoms with Gasteiger partial charge in [0.25, 0.3) is 0 Å². The van der Waals surface area contributed by atoms with Crippen LogP contribution in [0.3, 0.4) is 0 Å². The van der Waals surface area contributed by atoms with Crippen LogP contribution in [0.4, 0.5) is 10.1 Å². The number of nitrogens with one attached hydrogen (secondary N) is 2. The van der Waals surface area contributed by atoms with Gasteiger partial charge in [0, 0.05) is 26.8 Å². The van der Waals surface area contributed by atoms with Gasteiger partial charge in [-0.1, -0.05) is 41.4 Å². The lowest BCUT2D eigenvalue weighted by Gasteiger charge is -2.30. The summed E-state index contributed by atoms with van der Waals surface area (Å²) >= 11 is 12.0. The van der Waals surface area contributed by atoms with Crippen molar-refractivity contribution in [3.63, 3.8) is 0 Å². The number of carbonyl (C=O) groups is 1. The van der Waals surface area contributed by atoms with E-state index in [4.69, 9.17) is 23.2 Å². The maximum absolute atomic E-state index is 15.0. The van der Waals surface area contributed by atoms with Crippen molar-refractivity contribution in [1.29, 1.82) is 0 Å². The van der Waals surface area contributed by atoms with Crippen molar-refractivity contribution in [1.82, 2.24) is 5.32 Å². The number of hydrogen-bond donors (Lipinski definition) is 3. The highest BCUT2D eigenvalue weighted by Gasteiger charge is 2.68. The van der Waals surface area contributed by atoms with E-state index in [9.17, 15) is 20.0 Å². The summed E-state index contributed by atoms with van der Waals surface area (Å²) in [5.41, 5.74) is -0.986. The van der Waals surface area contributed by atoms with E-state index in [1.165, 1.54) is 31.2 Å². The monoisotopic (exact) mass is 439 g/mol. The van der Waals surface area contributed by atoms with Gasteiger partial charge in [-0.3, -0.25) is 20.2 Å². The Kier molecular flexibility index (Phi) is 4.77. The van der Waals surface area contributed by atoms with Crippen molar-refractivity contribution in [2.45, 2.75) is 36.6 Å². The van der Waals surface area contributed by atoms with Gasteiger partial charge in [0.15, 0.2) is 0 Å². The maximum Gasteiger partial charge on any atom is 0.250 e. The van der Waals surface area contributed by atoms with Crippen LogP contribution in [0.2, 0.25) is 10.0 Å². The molecule has 10 heteroatoms. The zero-order valence-corrected chi connectivity index (χ0v) is 16.5. The van der Waals surface area contributed by atoms with Crippen LogP contribution in [0.15, 0.2) is 36.4 Å². The third kappa shape index (κ3) is 2.82.